The maximum Gasteiger partial charge on any atom is 0.134 e. The van der Waals surface area contributed by atoms with E-state index in [1.807, 2.05) is 4.90 Å². The Kier molecular flexibility index (Phi) is 8.93. The largest absolute Gasteiger partial charge is 0.506 e. The fraction of sp³-hybridized carbons (Fsp3) is 0.500. The summed E-state index contributed by atoms with van der Waals surface area (Å²) in [6, 6.07) is 1.78. The zero-order valence-corrected chi connectivity index (χ0v) is 13.8. The predicted molar refractivity (Wildman–Crippen MR) is 83.4 cm³/mol. The highest BCUT2D eigenvalue weighted by Gasteiger charge is 2.25. The average Bonchev–Trinajstić information content (AvgIpc) is 2.37. The Hall–Kier alpha value is -0.140. The molecule has 0 unspecified atom stereocenters. The fourth-order valence-corrected chi connectivity index (χ4v) is 2.66. The number of alkyl halides is 1. The van der Waals surface area contributed by atoms with Crippen molar-refractivity contribution >= 4 is 40.7 Å². The van der Waals surface area contributed by atoms with E-state index in [4.69, 9.17) is 0 Å². The first-order valence-electron chi connectivity index (χ1n) is 5.82. The van der Waals surface area contributed by atoms with Gasteiger partial charge >= 0.3 is 0 Å². The minimum atomic E-state index is -0.649. The van der Waals surface area contributed by atoms with Crippen LogP contribution >= 0.6 is 40.7 Å². The number of phenolic OH excluding ortho intramolecular Hbond substituents is 1. The Morgan fingerprint density at radius 3 is 2.45 bits per heavy atom. The van der Waals surface area contributed by atoms with Crippen LogP contribution in [-0.2, 0) is 0 Å². The molecule has 0 saturated carbocycles. The van der Waals surface area contributed by atoms with Gasteiger partial charge in [-0.3, -0.25) is 4.90 Å². The van der Waals surface area contributed by atoms with Crippen LogP contribution in [0.4, 0.5) is 8.78 Å². The summed E-state index contributed by atoms with van der Waals surface area (Å²) in [7, 11) is 0. The van der Waals surface area contributed by atoms with Crippen LogP contribution in [0.2, 0.25) is 0 Å². The highest BCUT2D eigenvalue weighted by atomic mass is 79.9. The van der Waals surface area contributed by atoms with Crippen molar-refractivity contribution in [3.8, 4) is 5.75 Å². The van der Waals surface area contributed by atoms with Crippen molar-refractivity contribution in [1.82, 2.24) is 10.2 Å². The molecule has 0 bridgehead atoms. The zero-order chi connectivity index (χ0) is 13.1. The van der Waals surface area contributed by atoms with Gasteiger partial charge in [-0.15, -0.1) is 24.8 Å². The molecule has 1 heterocycles. The van der Waals surface area contributed by atoms with Gasteiger partial charge in [0, 0.05) is 31.7 Å². The summed E-state index contributed by atoms with van der Waals surface area (Å²) < 4.78 is 26.9. The molecule has 8 heteroatoms. The first kappa shape index (κ1) is 19.9. The van der Waals surface area contributed by atoms with E-state index in [1.165, 1.54) is 12.1 Å². The van der Waals surface area contributed by atoms with Crippen molar-refractivity contribution < 1.29 is 13.9 Å². The lowest BCUT2D eigenvalue weighted by molar-refractivity contribution is 0.145. The highest BCUT2D eigenvalue weighted by Crippen LogP contribution is 2.35. The molecule has 1 saturated heterocycles. The smallest absolute Gasteiger partial charge is 0.134 e. The van der Waals surface area contributed by atoms with Gasteiger partial charge in [0.15, 0.2) is 0 Å². The van der Waals surface area contributed by atoms with E-state index in [1.54, 1.807) is 0 Å². The van der Waals surface area contributed by atoms with Gasteiger partial charge in [-0.05, 0) is 28.1 Å². The highest BCUT2D eigenvalue weighted by molar-refractivity contribution is 9.10. The van der Waals surface area contributed by atoms with Gasteiger partial charge in [-0.2, -0.15) is 0 Å². The van der Waals surface area contributed by atoms with Gasteiger partial charge in [0.2, 0.25) is 0 Å². The monoisotopic (exact) mass is 392 g/mol. The number of aromatic hydroxyl groups is 1. The number of piperazine rings is 1. The molecule has 1 aromatic carbocycles. The summed E-state index contributed by atoms with van der Waals surface area (Å²) in [4.78, 5) is 1.91. The molecule has 116 valence electrons. The molecular weight excluding hydrogens is 377 g/mol. The lowest BCUT2D eigenvalue weighted by atomic mass is 10.0. The Morgan fingerprint density at radius 2 is 1.90 bits per heavy atom. The molecule has 20 heavy (non-hydrogen) atoms. The predicted octanol–water partition coefficient (Wildman–Crippen LogP) is 3.05. The lowest BCUT2D eigenvalue weighted by Crippen LogP contribution is -2.45. The topological polar surface area (TPSA) is 35.5 Å². The number of benzene rings is 1. The fourth-order valence-electron chi connectivity index (χ4n) is 2.21. The number of nitrogens with zero attached hydrogens (tertiary/aromatic N) is 1. The molecule has 0 aromatic heterocycles. The number of nitrogens with one attached hydrogen (secondary N) is 1. The molecule has 0 aliphatic carbocycles. The molecular formula is C12H17BrCl2F2N2O. The maximum atomic E-state index is 13.4. The van der Waals surface area contributed by atoms with E-state index in [-0.39, 0.29) is 35.0 Å². The van der Waals surface area contributed by atoms with Crippen molar-refractivity contribution in [3.63, 3.8) is 0 Å². The molecule has 3 nitrogen and oxygen atoms in total. The zero-order valence-electron chi connectivity index (χ0n) is 10.6. The maximum absolute atomic E-state index is 13.4. The summed E-state index contributed by atoms with van der Waals surface area (Å²) in [6.45, 7) is 2.26. The van der Waals surface area contributed by atoms with Crippen molar-refractivity contribution in [2.45, 2.75) is 6.04 Å². The normalized spacial score (nSPS) is 16.9. The first-order valence-corrected chi connectivity index (χ1v) is 6.61. The summed E-state index contributed by atoms with van der Waals surface area (Å²) in [6.07, 6.45) is 0. The summed E-state index contributed by atoms with van der Waals surface area (Å²) in [5.41, 5.74) is 0.297. The van der Waals surface area contributed by atoms with Crippen LogP contribution in [-0.4, -0.2) is 42.9 Å². The molecule has 2 N–H and O–H groups in total. The van der Waals surface area contributed by atoms with Gasteiger partial charge in [-0.1, -0.05) is 0 Å². The number of hydrogen-bond donors (Lipinski definition) is 2. The molecule has 1 atom stereocenters. The quantitative estimate of drug-likeness (QED) is 0.828. The average molecular weight is 394 g/mol. The number of halogens is 5. The molecule has 1 aliphatic heterocycles. The summed E-state index contributed by atoms with van der Waals surface area (Å²) in [5.74, 6) is -0.569. The molecule has 0 spiro atoms. The minimum absolute atomic E-state index is 0. The van der Waals surface area contributed by atoms with Crippen LogP contribution in [0.5, 0.6) is 5.75 Å². The van der Waals surface area contributed by atoms with Gasteiger partial charge in [0.05, 0.1) is 10.5 Å². The molecule has 0 amide bonds. The molecule has 1 aliphatic rings. The van der Waals surface area contributed by atoms with Gasteiger partial charge in [0.1, 0.15) is 18.2 Å². The molecule has 1 fully saturated rings. The van der Waals surface area contributed by atoms with Gasteiger partial charge in [0.25, 0.3) is 0 Å². The van der Waals surface area contributed by atoms with E-state index in [0.29, 0.717) is 18.7 Å². The summed E-state index contributed by atoms with van der Waals surface area (Å²) >= 11 is 3.08. The SMILES string of the molecule is Cl.Cl.Oc1c(Br)cc(F)cc1[C@@H](CF)N1CCNCC1. The Balaban J connectivity index is 0.00000180. The number of phenols is 1. The van der Waals surface area contributed by atoms with E-state index in [9.17, 15) is 13.9 Å². The Bertz CT molecular complexity index is 434. The van der Waals surface area contributed by atoms with Gasteiger partial charge in [-0.25, -0.2) is 8.78 Å². The van der Waals surface area contributed by atoms with Crippen LogP contribution in [0.25, 0.3) is 0 Å². The second-order valence-electron chi connectivity index (χ2n) is 4.28. The number of rotatable bonds is 3. The lowest BCUT2D eigenvalue weighted by Gasteiger charge is -2.34. The minimum Gasteiger partial charge on any atom is -0.506 e. The van der Waals surface area contributed by atoms with Crippen molar-refractivity contribution in [1.29, 1.82) is 0 Å². The van der Waals surface area contributed by atoms with Crippen LogP contribution in [0.1, 0.15) is 11.6 Å². The third-order valence-electron chi connectivity index (χ3n) is 3.16. The van der Waals surface area contributed by atoms with Crippen LogP contribution in [0, 0.1) is 5.82 Å². The second kappa shape index (κ2) is 9.00. The molecule has 2 rings (SSSR count). The van der Waals surface area contributed by atoms with E-state index < -0.39 is 18.5 Å². The van der Waals surface area contributed by atoms with E-state index >= 15 is 0 Å². The van der Waals surface area contributed by atoms with Crippen molar-refractivity contribution in [3.05, 3.63) is 28.0 Å². The number of hydrogen-bond acceptors (Lipinski definition) is 3. The van der Waals surface area contributed by atoms with Crippen molar-refractivity contribution in [2.75, 3.05) is 32.9 Å². The van der Waals surface area contributed by atoms with Crippen molar-refractivity contribution in [2.24, 2.45) is 0 Å². The van der Waals surface area contributed by atoms with Crippen LogP contribution in [0.15, 0.2) is 16.6 Å². The summed E-state index contributed by atoms with van der Waals surface area (Å²) in [5, 5.41) is 13.1. The van der Waals surface area contributed by atoms with Crippen LogP contribution in [0.3, 0.4) is 0 Å². The third-order valence-corrected chi connectivity index (χ3v) is 3.76. The van der Waals surface area contributed by atoms with Crippen LogP contribution < -0.4 is 5.32 Å². The van der Waals surface area contributed by atoms with Gasteiger partial charge < -0.3 is 10.4 Å². The first-order chi connectivity index (χ1) is 8.63. The van der Waals surface area contributed by atoms with E-state index in [2.05, 4.69) is 21.2 Å². The third kappa shape index (κ3) is 4.43. The van der Waals surface area contributed by atoms with E-state index in [0.717, 1.165) is 13.1 Å². The Labute approximate surface area is 137 Å². The standard InChI is InChI=1S/C12H15BrF2N2O.2ClH/c13-10-6-8(15)5-9(12(10)18)11(7-14)17-3-1-16-2-4-17;;/h5-6,11,16,18H,1-4,7H2;2*1H/t11-;;/m1../s1. The Morgan fingerprint density at radius 1 is 1.30 bits per heavy atom. The molecule has 1 aromatic rings. The molecule has 0 radical (unpaired) electrons. The second-order valence-corrected chi connectivity index (χ2v) is 5.14.